The third-order valence-electron chi connectivity index (χ3n) is 9.78. The summed E-state index contributed by atoms with van der Waals surface area (Å²) in [5.41, 5.74) is 0.408. The Hall–Kier alpha value is -0.930. The molecule has 0 saturated heterocycles. The second-order valence-corrected chi connectivity index (χ2v) is 16.1. The van der Waals surface area contributed by atoms with Gasteiger partial charge < -0.3 is 15.2 Å². The molecule has 0 aliphatic rings. The maximum atomic E-state index is 12.6. The first-order chi connectivity index (χ1) is 24.3. The number of hydrogen-bond donors (Lipinski definition) is 2. The predicted molar refractivity (Wildman–Crippen MR) is 211 cm³/mol. The van der Waals surface area contributed by atoms with Crippen LogP contribution >= 0.6 is 0 Å². The molecule has 9 heteroatoms. The van der Waals surface area contributed by atoms with Crippen molar-refractivity contribution in [3.05, 3.63) is 18.2 Å². The molecule has 1 aromatic rings. The summed E-state index contributed by atoms with van der Waals surface area (Å²) >= 11 is 0. The molecule has 2 amide bonds. The van der Waals surface area contributed by atoms with Crippen LogP contribution in [0, 0.1) is 0 Å². The van der Waals surface area contributed by atoms with Gasteiger partial charge in [0.05, 0.1) is 4.90 Å². The Morgan fingerprint density at radius 3 is 0.922 bits per heavy atom. The van der Waals surface area contributed by atoms with Crippen molar-refractivity contribution < 1.29 is 52.1 Å². The van der Waals surface area contributed by atoms with E-state index in [0.29, 0.717) is 12.8 Å². The zero-order valence-corrected chi connectivity index (χ0v) is 36.1. The largest absolute Gasteiger partial charge is 1.00 e. The van der Waals surface area contributed by atoms with E-state index in [0.717, 1.165) is 50.7 Å². The number of benzene rings is 1. The summed E-state index contributed by atoms with van der Waals surface area (Å²) in [5, 5.41) is 5.45. The molecule has 0 fully saturated rings. The van der Waals surface area contributed by atoms with Gasteiger partial charge in [-0.05, 0) is 31.0 Å². The molecule has 7 nitrogen and oxygen atoms in total. The Balaban J connectivity index is 0.0000250. The fourth-order valence-corrected chi connectivity index (χ4v) is 7.19. The van der Waals surface area contributed by atoms with Crippen LogP contribution in [0.15, 0.2) is 23.1 Å². The SMILES string of the molecule is CCCCCCCCCCCCCCCCCC(=O)Nc1cc(NC(=O)CCCCCCCCCCCCCCCCC)cc(S(=O)(=O)[O-])c1.[Na+]. The van der Waals surface area contributed by atoms with Crippen molar-refractivity contribution in [2.24, 2.45) is 0 Å². The van der Waals surface area contributed by atoms with Crippen LogP contribution in [-0.2, 0) is 19.7 Å². The molecule has 51 heavy (non-hydrogen) atoms. The summed E-state index contributed by atoms with van der Waals surface area (Å²) < 4.78 is 35.4. The minimum atomic E-state index is -4.76. The fourth-order valence-electron chi connectivity index (χ4n) is 6.65. The smallest absolute Gasteiger partial charge is 0.744 e. The minimum Gasteiger partial charge on any atom is -0.744 e. The van der Waals surface area contributed by atoms with E-state index in [9.17, 15) is 22.6 Å². The van der Waals surface area contributed by atoms with Crippen molar-refractivity contribution >= 4 is 33.3 Å². The Morgan fingerprint density at radius 2 is 0.686 bits per heavy atom. The van der Waals surface area contributed by atoms with E-state index in [-0.39, 0.29) is 52.7 Å². The Labute approximate surface area is 336 Å². The van der Waals surface area contributed by atoms with Crippen LogP contribution in [0.25, 0.3) is 0 Å². The van der Waals surface area contributed by atoms with Crippen LogP contribution < -0.4 is 40.2 Å². The summed E-state index contributed by atoms with van der Waals surface area (Å²) in [6.45, 7) is 4.52. The molecule has 2 N–H and O–H groups in total. The summed E-state index contributed by atoms with van der Waals surface area (Å²) in [4.78, 5) is 24.7. The van der Waals surface area contributed by atoms with Crippen LogP contribution in [0.2, 0.25) is 0 Å². The van der Waals surface area contributed by atoms with E-state index < -0.39 is 15.0 Å². The average molecular weight is 743 g/mol. The molecule has 290 valence electrons. The van der Waals surface area contributed by atoms with Gasteiger partial charge in [-0.2, -0.15) is 0 Å². The Bertz CT molecular complexity index is 1030. The van der Waals surface area contributed by atoms with Crippen molar-refractivity contribution in [1.29, 1.82) is 0 Å². The number of rotatable bonds is 35. The van der Waals surface area contributed by atoms with Crippen molar-refractivity contribution in [2.75, 3.05) is 10.6 Å². The van der Waals surface area contributed by atoms with Gasteiger partial charge in [0.2, 0.25) is 11.8 Å². The first-order valence-corrected chi connectivity index (χ1v) is 22.4. The molecule has 0 atom stereocenters. The Morgan fingerprint density at radius 1 is 0.451 bits per heavy atom. The molecule has 0 aliphatic carbocycles. The van der Waals surface area contributed by atoms with Crippen molar-refractivity contribution in [2.45, 2.75) is 224 Å². The van der Waals surface area contributed by atoms with Gasteiger partial charge in [0.25, 0.3) is 0 Å². The molecule has 0 saturated carbocycles. The van der Waals surface area contributed by atoms with Gasteiger partial charge in [-0.3, -0.25) is 9.59 Å². The molecule has 0 aromatic heterocycles. The quantitative estimate of drug-likeness (QED) is 0.0408. The number of amides is 2. The number of carbonyl (C=O) groups excluding carboxylic acids is 2. The molecular weight excluding hydrogens is 668 g/mol. The van der Waals surface area contributed by atoms with E-state index in [1.807, 2.05) is 0 Å². The molecule has 0 unspecified atom stereocenters. The number of nitrogens with one attached hydrogen (secondary N) is 2. The van der Waals surface area contributed by atoms with E-state index in [2.05, 4.69) is 24.5 Å². The van der Waals surface area contributed by atoms with Gasteiger partial charge in [0, 0.05) is 24.2 Å². The van der Waals surface area contributed by atoms with E-state index in [1.54, 1.807) is 0 Å². The maximum Gasteiger partial charge on any atom is 1.00 e. The number of hydrogen-bond acceptors (Lipinski definition) is 5. The van der Waals surface area contributed by atoms with Crippen LogP contribution in [0.4, 0.5) is 11.4 Å². The fraction of sp³-hybridized carbons (Fsp3) is 0.810. The molecule has 0 radical (unpaired) electrons. The molecule has 1 aromatic carbocycles. The van der Waals surface area contributed by atoms with E-state index in [1.165, 1.54) is 160 Å². The first-order valence-electron chi connectivity index (χ1n) is 21.0. The molecule has 0 aliphatic heterocycles. The van der Waals surface area contributed by atoms with Crippen LogP contribution in [0.5, 0.6) is 0 Å². The second kappa shape index (κ2) is 34.8. The second-order valence-electron chi connectivity index (χ2n) is 14.7. The van der Waals surface area contributed by atoms with Crippen LogP contribution in [0.1, 0.15) is 219 Å². The monoisotopic (exact) mass is 743 g/mol. The third-order valence-corrected chi connectivity index (χ3v) is 10.6. The maximum absolute atomic E-state index is 12.6. The zero-order valence-electron chi connectivity index (χ0n) is 33.3. The molecule has 1 rings (SSSR count). The van der Waals surface area contributed by atoms with Crippen LogP contribution in [-0.4, -0.2) is 24.8 Å². The number of carbonyl (C=O) groups is 2. The molecule has 0 heterocycles. The minimum absolute atomic E-state index is 0. The van der Waals surface area contributed by atoms with Crippen molar-refractivity contribution in [1.82, 2.24) is 0 Å². The number of anilines is 2. The summed E-state index contributed by atoms with van der Waals surface area (Å²) in [6, 6.07) is 3.84. The third kappa shape index (κ3) is 31.2. The van der Waals surface area contributed by atoms with E-state index >= 15 is 0 Å². The standard InChI is InChI=1S/C42H76N2O5S.Na/c1-3-5-7-9-11-13-15-17-19-21-23-25-27-29-31-33-41(45)43-38-35-39(37-40(36-38)50(47,48)49)44-42(46)34-32-30-28-26-24-22-20-18-16-14-12-10-8-6-4-2;/h35-37H,3-34H2,1-2H3,(H,43,45)(H,44,46)(H,47,48,49);/q;+1/p-1. The molecular formula is C42H75N2NaO5S. The topological polar surface area (TPSA) is 115 Å². The van der Waals surface area contributed by atoms with Gasteiger partial charge in [-0.1, -0.05) is 194 Å². The zero-order chi connectivity index (χ0) is 36.5. The van der Waals surface area contributed by atoms with Gasteiger partial charge in [-0.25, -0.2) is 8.42 Å². The van der Waals surface area contributed by atoms with Gasteiger partial charge >= 0.3 is 29.6 Å². The van der Waals surface area contributed by atoms with E-state index in [4.69, 9.17) is 0 Å². The Kier molecular flexibility index (Phi) is 34.2. The van der Waals surface area contributed by atoms with Crippen molar-refractivity contribution in [3.63, 3.8) is 0 Å². The predicted octanol–water partition coefficient (Wildman–Crippen LogP) is 9.99. The number of unbranched alkanes of at least 4 members (excludes halogenated alkanes) is 28. The van der Waals surface area contributed by atoms with Gasteiger partial charge in [-0.15, -0.1) is 0 Å². The molecule has 0 bridgehead atoms. The van der Waals surface area contributed by atoms with Crippen LogP contribution in [0.3, 0.4) is 0 Å². The summed E-state index contributed by atoms with van der Waals surface area (Å²) in [7, 11) is -4.76. The average Bonchev–Trinajstić information content (AvgIpc) is 3.07. The van der Waals surface area contributed by atoms with Gasteiger partial charge in [0.15, 0.2) is 0 Å². The summed E-state index contributed by atoms with van der Waals surface area (Å²) in [6.07, 6.45) is 38.2. The normalized spacial score (nSPS) is 11.4. The van der Waals surface area contributed by atoms with Gasteiger partial charge in [0.1, 0.15) is 10.1 Å². The van der Waals surface area contributed by atoms with Crippen molar-refractivity contribution in [3.8, 4) is 0 Å². The first kappa shape index (κ1) is 50.1. The summed E-state index contributed by atoms with van der Waals surface area (Å²) in [5.74, 6) is -0.453. The molecule has 0 spiro atoms.